The van der Waals surface area contributed by atoms with Crippen LogP contribution in [-0.4, -0.2) is 63.5 Å². The summed E-state index contributed by atoms with van der Waals surface area (Å²) in [4.78, 5) is 24.0. The lowest BCUT2D eigenvalue weighted by Gasteiger charge is -2.26. The van der Waals surface area contributed by atoms with E-state index in [1.54, 1.807) is 29.2 Å². The van der Waals surface area contributed by atoms with Gasteiger partial charge in [0.15, 0.2) is 0 Å². The summed E-state index contributed by atoms with van der Waals surface area (Å²) in [6.07, 6.45) is 5.36. The molecule has 0 radical (unpaired) electrons. The molecule has 0 N–H and O–H groups in total. The fourth-order valence-electron chi connectivity index (χ4n) is 4.58. The first kappa shape index (κ1) is 22.6. The van der Waals surface area contributed by atoms with Crippen LogP contribution in [0.4, 0.5) is 4.39 Å². The lowest BCUT2D eigenvalue weighted by Crippen LogP contribution is -2.40. The SMILES string of the molecule is CCOc1ccc(F)c(-c2cnc(-n3nc(C4CC4)c4ccc(C(=O)N5CCOCC5)cc43)nc2)c1. The smallest absolute Gasteiger partial charge is 0.254 e. The van der Waals surface area contributed by atoms with Crippen LogP contribution in [0.5, 0.6) is 5.75 Å². The zero-order valence-electron chi connectivity index (χ0n) is 20.0. The highest BCUT2D eigenvalue weighted by Gasteiger charge is 2.30. The van der Waals surface area contributed by atoms with Gasteiger partial charge in [0.05, 0.1) is 31.0 Å². The van der Waals surface area contributed by atoms with Crippen molar-refractivity contribution in [2.75, 3.05) is 32.9 Å². The van der Waals surface area contributed by atoms with Gasteiger partial charge in [0, 0.05) is 53.5 Å². The van der Waals surface area contributed by atoms with Crippen molar-refractivity contribution < 1.29 is 18.7 Å². The second-order valence-corrected chi connectivity index (χ2v) is 9.05. The molecule has 0 spiro atoms. The maximum absolute atomic E-state index is 14.5. The lowest BCUT2D eigenvalue weighted by molar-refractivity contribution is 0.0303. The van der Waals surface area contributed by atoms with E-state index >= 15 is 0 Å². The molecule has 9 heteroatoms. The molecular weight excluding hydrogens is 461 g/mol. The van der Waals surface area contributed by atoms with E-state index in [4.69, 9.17) is 14.6 Å². The summed E-state index contributed by atoms with van der Waals surface area (Å²) >= 11 is 0. The van der Waals surface area contributed by atoms with E-state index in [9.17, 15) is 9.18 Å². The van der Waals surface area contributed by atoms with E-state index in [0.717, 1.165) is 29.4 Å². The standard InChI is InChI=1S/C27H26FN5O3/c1-2-36-20-6-8-23(28)22(14-20)19-15-29-27(30-16-19)33-24-13-18(26(34)32-9-11-35-12-10-32)5-7-21(24)25(31-33)17-3-4-17/h5-8,13-17H,2-4,9-12H2,1H3. The van der Waals surface area contributed by atoms with Gasteiger partial charge < -0.3 is 14.4 Å². The predicted octanol–water partition coefficient (Wildman–Crippen LogP) is 4.37. The van der Waals surface area contributed by atoms with Crippen molar-refractivity contribution in [3.8, 4) is 22.8 Å². The first-order chi connectivity index (χ1) is 17.6. The summed E-state index contributed by atoms with van der Waals surface area (Å²) in [5.41, 5.74) is 3.29. The van der Waals surface area contributed by atoms with Crippen molar-refractivity contribution in [3.63, 3.8) is 0 Å². The van der Waals surface area contributed by atoms with E-state index in [2.05, 4.69) is 9.97 Å². The highest BCUT2D eigenvalue weighted by atomic mass is 19.1. The number of rotatable bonds is 6. The van der Waals surface area contributed by atoms with Crippen molar-refractivity contribution in [1.29, 1.82) is 0 Å². The second kappa shape index (κ2) is 9.31. The fourth-order valence-corrected chi connectivity index (χ4v) is 4.58. The molecule has 1 saturated carbocycles. The van der Waals surface area contributed by atoms with Crippen LogP contribution in [0.1, 0.15) is 41.7 Å². The van der Waals surface area contributed by atoms with Crippen LogP contribution < -0.4 is 4.74 Å². The Labute approximate surface area is 207 Å². The van der Waals surface area contributed by atoms with Crippen LogP contribution >= 0.6 is 0 Å². The third-order valence-electron chi connectivity index (χ3n) is 6.61. The second-order valence-electron chi connectivity index (χ2n) is 9.05. The molecular formula is C27H26FN5O3. The number of hydrogen-bond donors (Lipinski definition) is 0. The maximum atomic E-state index is 14.5. The molecule has 1 saturated heterocycles. The molecule has 2 aliphatic rings. The number of halogens is 1. The number of benzene rings is 2. The molecule has 184 valence electrons. The lowest BCUT2D eigenvalue weighted by atomic mass is 10.1. The predicted molar refractivity (Wildman–Crippen MR) is 132 cm³/mol. The minimum absolute atomic E-state index is 0.0261. The Balaban J connectivity index is 1.38. The summed E-state index contributed by atoms with van der Waals surface area (Å²) in [5, 5.41) is 5.84. The molecule has 2 aromatic heterocycles. The molecule has 0 unspecified atom stereocenters. The van der Waals surface area contributed by atoms with Gasteiger partial charge in [-0.2, -0.15) is 9.78 Å². The zero-order valence-corrected chi connectivity index (χ0v) is 20.0. The van der Waals surface area contributed by atoms with E-state index < -0.39 is 0 Å². The summed E-state index contributed by atoms with van der Waals surface area (Å²) in [6.45, 7) is 4.62. The van der Waals surface area contributed by atoms with E-state index in [1.165, 1.54) is 6.07 Å². The third-order valence-corrected chi connectivity index (χ3v) is 6.61. The fraction of sp³-hybridized carbons (Fsp3) is 0.333. The molecule has 0 atom stereocenters. The van der Waals surface area contributed by atoms with Gasteiger partial charge >= 0.3 is 0 Å². The van der Waals surface area contributed by atoms with Gasteiger partial charge in [-0.25, -0.2) is 14.4 Å². The Hall–Kier alpha value is -3.85. The van der Waals surface area contributed by atoms with Crippen LogP contribution in [0.2, 0.25) is 0 Å². The molecule has 8 nitrogen and oxygen atoms in total. The van der Waals surface area contributed by atoms with Crippen LogP contribution in [0.3, 0.4) is 0 Å². The van der Waals surface area contributed by atoms with Gasteiger partial charge in [0.2, 0.25) is 0 Å². The van der Waals surface area contributed by atoms with E-state index in [0.29, 0.717) is 67.2 Å². The van der Waals surface area contributed by atoms with Crippen molar-refractivity contribution >= 4 is 16.8 Å². The van der Waals surface area contributed by atoms with Crippen molar-refractivity contribution in [2.24, 2.45) is 0 Å². The molecule has 1 aliphatic heterocycles. The monoisotopic (exact) mass is 487 g/mol. The average Bonchev–Trinajstić information content (AvgIpc) is 3.70. The molecule has 36 heavy (non-hydrogen) atoms. The summed E-state index contributed by atoms with van der Waals surface area (Å²) in [7, 11) is 0. The van der Waals surface area contributed by atoms with Gasteiger partial charge in [0.25, 0.3) is 11.9 Å². The molecule has 3 heterocycles. The number of nitrogens with zero attached hydrogens (tertiary/aromatic N) is 5. The van der Waals surface area contributed by atoms with Crippen molar-refractivity contribution in [1.82, 2.24) is 24.6 Å². The van der Waals surface area contributed by atoms with Gasteiger partial charge in [-0.05, 0) is 50.1 Å². The largest absolute Gasteiger partial charge is 0.494 e. The molecule has 1 aliphatic carbocycles. The van der Waals surface area contributed by atoms with Crippen LogP contribution in [-0.2, 0) is 4.74 Å². The Morgan fingerprint density at radius 1 is 1.11 bits per heavy atom. The Kier molecular flexibility index (Phi) is 5.85. The summed E-state index contributed by atoms with van der Waals surface area (Å²) in [5.74, 6) is 0.961. The molecule has 2 aromatic carbocycles. The number of amides is 1. The van der Waals surface area contributed by atoms with Crippen molar-refractivity contribution in [3.05, 3.63) is 65.9 Å². The summed E-state index contributed by atoms with van der Waals surface area (Å²) in [6, 6.07) is 10.3. The molecule has 1 amide bonds. The van der Waals surface area contributed by atoms with Crippen LogP contribution in [0, 0.1) is 5.82 Å². The van der Waals surface area contributed by atoms with Gasteiger partial charge in [-0.3, -0.25) is 4.79 Å². The quantitative estimate of drug-likeness (QED) is 0.402. The number of hydrogen-bond acceptors (Lipinski definition) is 6. The Bertz CT molecular complexity index is 1430. The topological polar surface area (TPSA) is 82.4 Å². The average molecular weight is 488 g/mol. The molecule has 0 bridgehead atoms. The minimum atomic E-state index is -0.373. The number of fused-ring (bicyclic) bond motifs is 1. The molecule has 6 rings (SSSR count). The number of carbonyl (C=O) groups excluding carboxylic acids is 1. The zero-order chi connectivity index (χ0) is 24.6. The highest BCUT2D eigenvalue weighted by molar-refractivity contribution is 5.98. The van der Waals surface area contributed by atoms with Crippen LogP contribution in [0.25, 0.3) is 28.0 Å². The Morgan fingerprint density at radius 3 is 2.61 bits per heavy atom. The van der Waals surface area contributed by atoms with Gasteiger partial charge in [-0.1, -0.05) is 6.07 Å². The van der Waals surface area contributed by atoms with E-state index in [1.807, 2.05) is 30.0 Å². The normalized spacial score (nSPS) is 15.9. The maximum Gasteiger partial charge on any atom is 0.254 e. The number of ether oxygens (including phenoxy) is 2. The van der Waals surface area contributed by atoms with E-state index in [-0.39, 0.29) is 11.7 Å². The highest BCUT2D eigenvalue weighted by Crippen LogP contribution is 2.43. The number of morpholine rings is 1. The molecule has 2 fully saturated rings. The first-order valence-electron chi connectivity index (χ1n) is 12.3. The Morgan fingerprint density at radius 2 is 1.89 bits per heavy atom. The number of aromatic nitrogens is 4. The minimum Gasteiger partial charge on any atom is -0.494 e. The van der Waals surface area contributed by atoms with Gasteiger partial charge in [-0.15, -0.1) is 0 Å². The number of carbonyl (C=O) groups is 1. The van der Waals surface area contributed by atoms with Gasteiger partial charge in [0.1, 0.15) is 11.6 Å². The summed E-state index contributed by atoms with van der Waals surface area (Å²) < 4.78 is 27.1. The van der Waals surface area contributed by atoms with Crippen molar-refractivity contribution in [2.45, 2.75) is 25.7 Å². The third kappa shape index (κ3) is 4.19. The molecule has 4 aromatic rings. The first-order valence-corrected chi connectivity index (χ1v) is 12.3. The van der Waals surface area contributed by atoms with Crippen LogP contribution in [0.15, 0.2) is 48.8 Å².